The lowest BCUT2D eigenvalue weighted by molar-refractivity contribution is -0.657. The summed E-state index contributed by atoms with van der Waals surface area (Å²) in [4.78, 5) is 0. The van der Waals surface area contributed by atoms with Crippen LogP contribution in [0.15, 0.2) is 60.5 Å². The van der Waals surface area contributed by atoms with Crippen molar-refractivity contribution in [3.8, 4) is 11.3 Å². The second-order valence-electron chi connectivity index (χ2n) is 6.06. The molecule has 24 heavy (non-hydrogen) atoms. The van der Waals surface area contributed by atoms with Gasteiger partial charge in [-0.05, 0) is 38.0 Å². The number of allylic oxidation sites excluding steroid dienone is 1. The van der Waals surface area contributed by atoms with Gasteiger partial charge in [0, 0.05) is 10.9 Å². The van der Waals surface area contributed by atoms with Gasteiger partial charge in [-0.25, -0.2) is 9.88 Å². The Morgan fingerprint density at radius 1 is 1.08 bits per heavy atom. The molecule has 0 amide bonds. The van der Waals surface area contributed by atoms with Crippen LogP contribution in [0.2, 0.25) is 0 Å². The van der Waals surface area contributed by atoms with Gasteiger partial charge in [-0.3, -0.25) is 0 Å². The van der Waals surface area contributed by atoms with Gasteiger partial charge in [-0.1, -0.05) is 66.0 Å². The number of benzene rings is 2. The minimum absolute atomic E-state index is 0.778. The minimum Gasteiger partial charge on any atom is -0.231 e. The van der Waals surface area contributed by atoms with Gasteiger partial charge in [0.05, 0.1) is 0 Å². The summed E-state index contributed by atoms with van der Waals surface area (Å²) < 4.78 is 2.28. The van der Waals surface area contributed by atoms with Crippen molar-refractivity contribution in [2.75, 3.05) is 5.32 Å². The van der Waals surface area contributed by atoms with E-state index in [1.807, 2.05) is 6.08 Å². The van der Waals surface area contributed by atoms with E-state index in [0.717, 1.165) is 17.4 Å². The Balaban J connectivity index is 2.01. The maximum atomic E-state index is 3.92. The monoisotopic (exact) mass is 335 g/mol. The van der Waals surface area contributed by atoms with Crippen LogP contribution in [0.4, 0.5) is 10.8 Å². The smallest absolute Gasteiger partial charge is 0.231 e. The first-order chi connectivity index (χ1) is 11.6. The van der Waals surface area contributed by atoms with Gasteiger partial charge in [0.2, 0.25) is 0 Å². The highest BCUT2D eigenvalue weighted by Crippen LogP contribution is 2.28. The lowest BCUT2D eigenvalue weighted by atomic mass is 10.1. The summed E-state index contributed by atoms with van der Waals surface area (Å²) in [6, 6.07) is 15.0. The highest BCUT2D eigenvalue weighted by molar-refractivity contribution is 7.13. The quantitative estimate of drug-likeness (QED) is 0.477. The normalized spacial score (nSPS) is 10.6. The van der Waals surface area contributed by atoms with Gasteiger partial charge >= 0.3 is 5.13 Å². The molecule has 0 saturated carbocycles. The summed E-state index contributed by atoms with van der Waals surface area (Å²) in [5.41, 5.74) is 7.46. The molecule has 0 bridgehead atoms. The van der Waals surface area contributed by atoms with E-state index in [9.17, 15) is 0 Å². The number of anilines is 2. The van der Waals surface area contributed by atoms with Crippen molar-refractivity contribution in [2.45, 2.75) is 27.3 Å². The van der Waals surface area contributed by atoms with Crippen LogP contribution in [0.3, 0.4) is 0 Å². The summed E-state index contributed by atoms with van der Waals surface area (Å²) in [7, 11) is 0. The topological polar surface area (TPSA) is 15.9 Å². The van der Waals surface area contributed by atoms with E-state index in [2.05, 4.69) is 85.1 Å². The van der Waals surface area contributed by atoms with Crippen molar-refractivity contribution in [3.05, 3.63) is 77.2 Å². The highest BCUT2D eigenvalue weighted by Gasteiger charge is 2.19. The van der Waals surface area contributed by atoms with Gasteiger partial charge in [0.25, 0.3) is 0 Å². The van der Waals surface area contributed by atoms with Gasteiger partial charge in [0.15, 0.2) is 0 Å². The fraction of sp³-hybridized carbons (Fsp3) is 0.190. The average molecular weight is 335 g/mol. The average Bonchev–Trinajstić information content (AvgIpc) is 2.96. The molecule has 1 heterocycles. The first-order valence-electron chi connectivity index (χ1n) is 8.12. The van der Waals surface area contributed by atoms with Crippen LogP contribution in [-0.4, -0.2) is 0 Å². The minimum atomic E-state index is 0.778. The molecule has 0 saturated heterocycles. The summed E-state index contributed by atoms with van der Waals surface area (Å²) in [5, 5.41) is 6.94. The molecule has 0 spiro atoms. The predicted molar refractivity (Wildman–Crippen MR) is 104 cm³/mol. The Labute approximate surface area is 148 Å². The van der Waals surface area contributed by atoms with E-state index < -0.39 is 0 Å². The van der Waals surface area contributed by atoms with E-state index in [1.165, 1.54) is 27.9 Å². The molecule has 122 valence electrons. The molecule has 0 fully saturated rings. The molecular formula is C21H23N2S+. The van der Waals surface area contributed by atoms with Crippen LogP contribution in [0.25, 0.3) is 11.3 Å². The number of nitrogens with one attached hydrogen (secondary N) is 1. The molecule has 0 aliphatic carbocycles. The molecule has 1 N–H and O–H groups in total. The number of aromatic nitrogens is 1. The predicted octanol–water partition coefficient (Wildman–Crippen LogP) is 5.56. The van der Waals surface area contributed by atoms with Crippen molar-refractivity contribution in [3.63, 3.8) is 0 Å². The standard InChI is InChI=1S/C21H22N2S/c1-5-13-23-20(18-11-9-15(2)10-12-18)14-24-21(23)22-19-8-6-7-16(3)17(19)4/h5-12,14H,1,13H2,2-4H3/p+1. The van der Waals surface area contributed by atoms with E-state index in [-0.39, 0.29) is 0 Å². The SMILES string of the molecule is C=CC[n+]1c(-c2ccc(C)cc2)csc1Nc1cccc(C)c1C. The van der Waals surface area contributed by atoms with E-state index >= 15 is 0 Å². The molecule has 3 rings (SSSR count). The zero-order valence-electron chi connectivity index (χ0n) is 14.5. The summed E-state index contributed by atoms with van der Waals surface area (Å²) in [5.74, 6) is 0. The van der Waals surface area contributed by atoms with Crippen LogP contribution in [0.1, 0.15) is 16.7 Å². The molecule has 0 unspecified atom stereocenters. The molecule has 3 heteroatoms. The summed E-state index contributed by atoms with van der Waals surface area (Å²) in [6.07, 6.45) is 1.94. The number of rotatable bonds is 5. The van der Waals surface area contributed by atoms with Crippen LogP contribution in [0, 0.1) is 20.8 Å². The van der Waals surface area contributed by atoms with Gasteiger partial charge < -0.3 is 0 Å². The Morgan fingerprint density at radius 3 is 2.54 bits per heavy atom. The zero-order chi connectivity index (χ0) is 17.1. The summed E-state index contributed by atoms with van der Waals surface area (Å²) >= 11 is 1.73. The molecule has 0 radical (unpaired) electrons. The van der Waals surface area contributed by atoms with Crippen molar-refractivity contribution in [1.29, 1.82) is 0 Å². The lowest BCUT2D eigenvalue weighted by Gasteiger charge is -2.07. The Morgan fingerprint density at radius 2 is 1.83 bits per heavy atom. The van der Waals surface area contributed by atoms with Crippen molar-refractivity contribution in [1.82, 2.24) is 0 Å². The number of aryl methyl sites for hydroxylation is 2. The third kappa shape index (κ3) is 3.26. The molecule has 0 aliphatic heterocycles. The largest absolute Gasteiger partial charge is 0.339 e. The number of nitrogens with zero attached hydrogens (tertiary/aromatic N) is 1. The number of hydrogen-bond donors (Lipinski definition) is 1. The summed E-state index contributed by atoms with van der Waals surface area (Å²) in [6.45, 7) is 11.1. The Kier molecular flexibility index (Phi) is 4.81. The number of thiazole rings is 1. The van der Waals surface area contributed by atoms with Crippen LogP contribution < -0.4 is 9.88 Å². The molecule has 0 aliphatic rings. The van der Waals surface area contributed by atoms with Crippen LogP contribution in [-0.2, 0) is 6.54 Å². The Hall–Kier alpha value is -2.39. The van der Waals surface area contributed by atoms with Crippen molar-refractivity contribution >= 4 is 22.2 Å². The van der Waals surface area contributed by atoms with Gasteiger partial charge in [0.1, 0.15) is 17.9 Å². The lowest BCUT2D eigenvalue weighted by Crippen LogP contribution is -2.35. The van der Waals surface area contributed by atoms with Crippen molar-refractivity contribution < 1.29 is 4.57 Å². The van der Waals surface area contributed by atoms with Crippen molar-refractivity contribution in [2.24, 2.45) is 0 Å². The van der Waals surface area contributed by atoms with Gasteiger partial charge in [-0.15, -0.1) is 0 Å². The zero-order valence-corrected chi connectivity index (χ0v) is 15.3. The van der Waals surface area contributed by atoms with E-state index in [4.69, 9.17) is 0 Å². The second-order valence-corrected chi connectivity index (χ2v) is 6.92. The highest BCUT2D eigenvalue weighted by atomic mass is 32.1. The molecule has 2 aromatic carbocycles. The van der Waals surface area contributed by atoms with E-state index in [0.29, 0.717) is 0 Å². The molecule has 2 nitrogen and oxygen atoms in total. The Bertz CT molecular complexity index is 860. The molecule has 3 aromatic rings. The maximum absolute atomic E-state index is 3.92. The fourth-order valence-corrected chi connectivity index (χ4v) is 3.66. The van der Waals surface area contributed by atoms with E-state index in [1.54, 1.807) is 11.3 Å². The van der Waals surface area contributed by atoms with Gasteiger partial charge in [-0.2, -0.15) is 0 Å². The van der Waals surface area contributed by atoms with Crippen LogP contribution in [0.5, 0.6) is 0 Å². The first kappa shape index (κ1) is 16.5. The molecular weight excluding hydrogens is 312 g/mol. The first-order valence-corrected chi connectivity index (χ1v) is 9.00. The molecule has 1 aromatic heterocycles. The third-order valence-corrected chi connectivity index (χ3v) is 5.21. The second kappa shape index (κ2) is 7.02. The third-order valence-electron chi connectivity index (χ3n) is 4.32. The molecule has 0 atom stereocenters. The maximum Gasteiger partial charge on any atom is 0.339 e. The fourth-order valence-electron chi connectivity index (χ4n) is 2.71. The van der Waals surface area contributed by atoms with Crippen LogP contribution >= 0.6 is 11.3 Å². The number of hydrogen-bond acceptors (Lipinski definition) is 2.